The molecule has 0 spiro atoms. The SMILES string of the molecule is O=C(c1ccco1)N1N=C(c2ccc(Cl)cc2)C[C@H]1c1cnc2ccccc2n1. The Morgan fingerprint density at radius 3 is 2.59 bits per heavy atom. The first-order chi connectivity index (χ1) is 14.2. The maximum Gasteiger partial charge on any atom is 0.310 e. The molecule has 1 aliphatic heterocycles. The quantitative estimate of drug-likeness (QED) is 0.490. The number of carbonyl (C=O) groups is 1. The van der Waals surface area contributed by atoms with Crippen LogP contribution in [0.4, 0.5) is 0 Å². The van der Waals surface area contributed by atoms with Crippen LogP contribution in [0.3, 0.4) is 0 Å². The van der Waals surface area contributed by atoms with Gasteiger partial charge in [-0.2, -0.15) is 5.10 Å². The van der Waals surface area contributed by atoms with Gasteiger partial charge in [0, 0.05) is 11.4 Å². The molecule has 29 heavy (non-hydrogen) atoms. The van der Waals surface area contributed by atoms with Crippen LogP contribution in [0.1, 0.15) is 34.3 Å². The van der Waals surface area contributed by atoms with E-state index in [2.05, 4.69) is 10.1 Å². The first-order valence-electron chi connectivity index (χ1n) is 9.11. The van der Waals surface area contributed by atoms with Gasteiger partial charge in [0.2, 0.25) is 0 Å². The van der Waals surface area contributed by atoms with Crippen LogP contribution >= 0.6 is 11.6 Å². The molecule has 0 aliphatic carbocycles. The smallest absolute Gasteiger partial charge is 0.310 e. The second kappa shape index (κ2) is 7.14. The molecule has 1 aliphatic rings. The molecule has 2 aromatic heterocycles. The van der Waals surface area contributed by atoms with E-state index in [0.717, 1.165) is 22.3 Å². The Balaban J connectivity index is 1.56. The summed E-state index contributed by atoms with van der Waals surface area (Å²) in [5, 5.41) is 6.69. The number of hydrazone groups is 1. The fourth-order valence-corrected chi connectivity index (χ4v) is 3.52. The standard InChI is InChI=1S/C22H15ClN4O2/c23-15-9-7-14(8-10-15)18-12-20(27(26-18)22(28)21-6-3-11-29-21)19-13-24-16-4-1-2-5-17(16)25-19/h1-11,13,20H,12H2/t20-/m0/s1. The molecule has 0 radical (unpaired) electrons. The molecule has 1 amide bonds. The van der Waals surface area contributed by atoms with Gasteiger partial charge in [-0.1, -0.05) is 35.9 Å². The van der Waals surface area contributed by atoms with Crippen LogP contribution in [0.15, 0.2) is 82.6 Å². The normalized spacial score (nSPS) is 16.2. The fourth-order valence-electron chi connectivity index (χ4n) is 3.39. The van der Waals surface area contributed by atoms with E-state index < -0.39 is 0 Å². The van der Waals surface area contributed by atoms with Crippen molar-refractivity contribution < 1.29 is 9.21 Å². The van der Waals surface area contributed by atoms with Crippen molar-refractivity contribution in [2.45, 2.75) is 12.5 Å². The van der Waals surface area contributed by atoms with E-state index in [0.29, 0.717) is 17.1 Å². The van der Waals surface area contributed by atoms with Crippen LogP contribution in [0.5, 0.6) is 0 Å². The number of aromatic nitrogens is 2. The summed E-state index contributed by atoms with van der Waals surface area (Å²) in [5.41, 5.74) is 3.94. The molecule has 3 heterocycles. The van der Waals surface area contributed by atoms with Crippen molar-refractivity contribution in [1.82, 2.24) is 15.0 Å². The number of amides is 1. The number of para-hydroxylation sites is 2. The molecule has 0 unspecified atom stereocenters. The van der Waals surface area contributed by atoms with E-state index in [4.69, 9.17) is 21.0 Å². The Bertz CT molecular complexity index is 1220. The van der Waals surface area contributed by atoms with E-state index in [1.165, 1.54) is 11.3 Å². The highest BCUT2D eigenvalue weighted by Gasteiger charge is 2.36. The van der Waals surface area contributed by atoms with Gasteiger partial charge in [-0.15, -0.1) is 0 Å². The van der Waals surface area contributed by atoms with E-state index in [1.807, 2.05) is 36.4 Å². The molecule has 7 heteroatoms. The highest BCUT2D eigenvalue weighted by Crippen LogP contribution is 2.33. The van der Waals surface area contributed by atoms with Crippen LogP contribution in [-0.2, 0) is 0 Å². The van der Waals surface area contributed by atoms with Crippen LogP contribution in [0.2, 0.25) is 5.02 Å². The van der Waals surface area contributed by atoms with Crippen LogP contribution in [-0.4, -0.2) is 26.6 Å². The van der Waals surface area contributed by atoms with Crippen LogP contribution in [0, 0.1) is 0 Å². The lowest BCUT2D eigenvalue weighted by Gasteiger charge is -2.20. The zero-order valence-electron chi connectivity index (χ0n) is 15.2. The maximum atomic E-state index is 13.0. The molecule has 1 atom stereocenters. The molecule has 0 saturated carbocycles. The summed E-state index contributed by atoms with van der Waals surface area (Å²) in [6, 6.07) is 18.0. The lowest BCUT2D eigenvalue weighted by Crippen LogP contribution is -2.27. The van der Waals surface area contributed by atoms with Gasteiger partial charge in [-0.25, -0.2) is 9.99 Å². The number of fused-ring (bicyclic) bond motifs is 1. The Hall–Kier alpha value is -3.51. The molecule has 0 N–H and O–H groups in total. The third-order valence-corrected chi connectivity index (χ3v) is 5.09. The number of hydrogen-bond acceptors (Lipinski definition) is 5. The van der Waals surface area contributed by atoms with Gasteiger partial charge >= 0.3 is 5.91 Å². The average Bonchev–Trinajstić information content (AvgIpc) is 3.44. The molecular weight excluding hydrogens is 388 g/mol. The number of furan rings is 1. The first-order valence-corrected chi connectivity index (χ1v) is 9.49. The fraction of sp³-hybridized carbons (Fsp3) is 0.0909. The number of halogens is 1. The van der Waals surface area contributed by atoms with Crippen molar-refractivity contribution in [3.8, 4) is 0 Å². The lowest BCUT2D eigenvalue weighted by molar-refractivity contribution is 0.0675. The second-order valence-corrected chi connectivity index (χ2v) is 7.12. The van der Waals surface area contributed by atoms with Crippen LogP contribution < -0.4 is 0 Å². The molecule has 142 valence electrons. The number of carbonyl (C=O) groups excluding carboxylic acids is 1. The van der Waals surface area contributed by atoms with Gasteiger partial charge in [0.25, 0.3) is 0 Å². The van der Waals surface area contributed by atoms with Crippen molar-refractivity contribution in [3.05, 3.63) is 95.2 Å². The highest BCUT2D eigenvalue weighted by molar-refractivity contribution is 6.30. The molecular formula is C22H15ClN4O2. The van der Waals surface area contributed by atoms with E-state index in [-0.39, 0.29) is 17.7 Å². The Morgan fingerprint density at radius 2 is 1.83 bits per heavy atom. The molecule has 4 aromatic rings. The van der Waals surface area contributed by atoms with Gasteiger partial charge in [0.1, 0.15) is 6.04 Å². The average molecular weight is 403 g/mol. The zero-order valence-corrected chi connectivity index (χ0v) is 16.0. The second-order valence-electron chi connectivity index (χ2n) is 6.68. The summed E-state index contributed by atoms with van der Waals surface area (Å²) < 4.78 is 5.30. The molecule has 2 aromatic carbocycles. The predicted molar refractivity (Wildman–Crippen MR) is 110 cm³/mol. The monoisotopic (exact) mass is 402 g/mol. The minimum absolute atomic E-state index is 0.227. The Kier molecular flexibility index (Phi) is 4.33. The summed E-state index contributed by atoms with van der Waals surface area (Å²) in [5.74, 6) is -0.0937. The number of benzene rings is 2. The summed E-state index contributed by atoms with van der Waals surface area (Å²) in [7, 11) is 0. The summed E-state index contributed by atoms with van der Waals surface area (Å²) in [6.45, 7) is 0. The van der Waals surface area contributed by atoms with Crippen molar-refractivity contribution >= 4 is 34.3 Å². The van der Waals surface area contributed by atoms with Crippen molar-refractivity contribution in [2.24, 2.45) is 5.10 Å². The third-order valence-electron chi connectivity index (χ3n) is 4.84. The van der Waals surface area contributed by atoms with Gasteiger partial charge < -0.3 is 4.42 Å². The summed E-state index contributed by atoms with van der Waals surface area (Å²) in [6.07, 6.45) is 3.69. The minimum Gasteiger partial charge on any atom is -0.459 e. The topological polar surface area (TPSA) is 71.6 Å². The number of hydrogen-bond donors (Lipinski definition) is 0. The van der Waals surface area contributed by atoms with Crippen LogP contribution in [0.25, 0.3) is 11.0 Å². The van der Waals surface area contributed by atoms with E-state index in [9.17, 15) is 4.79 Å². The summed E-state index contributed by atoms with van der Waals surface area (Å²) in [4.78, 5) is 22.3. The molecule has 6 nitrogen and oxygen atoms in total. The van der Waals surface area contributed by atoms with E-state index >= 15 is 0 Å². The molecule has 0 saturated heterocycles. The van der Waals surface area contributed by atoms with Gasteiger partial charge in [-0.05, 0) is 42.0 Å². The van der Waals surface area contributed by atoms with Crippen molar-refractivity contribution in [2.75, 3.05) is 0 Å². The molecule has 0 fully saturated rings. The molecule has 5 rings (SSSR count). The largest absolute Gasteiger partial charge is 0.459 e. The number of nitrogens with zero attached hydrogens (tertiary/aromatic N) is 4. The lowest BCUT2D eigenvalue weighted by atomic mass is 10.0. The van der Waals surface area contributed by atoms with Gasteiger partial charge in [0.05, 0.1) is 34.9 Å². The third kappa shape index (κ3) is 3.28. The summed E-state index contributed by atoms with van der Waals surface area (Å²) >= 11 is 6.01. The van der Waals surface area contributed by atoms with Crippen molar-refractivity contribution in [1.29, 1.82) is 0 Å². The van der Waals surface area contributed by atoms with Crippen molar-refractivity contribution in [3.63, 3.8) is 0 Å². The molecule has 0 bridgehead atoms. The minimum atomic E-state index is -0.379. The van der Waals surface area contributed by atoms with Gasteiger partial charge in [0.15, 0.2) is 5.76 Å². The van der Waals surface area contributed by atoms with Gasteiger partial charge in [-0.3, -0.25) is 9.78 Å². The Morgan fingerprint density at radius 1 is 1.03 bits per heavy atom. The first kappa shape index (κ1) is 17.6. The number of rotatable bonds is 3. The zero-order chi connectivity index (χ0) is 19.8. The Labute approximate surface area is 171 Å². The highest BCUT2D eigenvalue weighted by atomic mass is 35.5. The maximum absolute atomic E-state index is 13.0. The predicted octanol–water partition coefficient (Wildman–Crippen LogP) is 4.87. The van der Waals surface area contributed by atoms with E-state index in [1.54, 1.807) is 30.5 Å².